The number of nitrogens with one attached hydrogen (secondary N) is 3. The summed E-state index contributed by atoms with van der Waals surface area (Å²) in [4.78, 5) is 32.3. The summed E-state index contributed by atoms with van der Waals surface area (Å²) in [7, 11) is 0. The second kappa shape index (κ2) is 28.6. The van der Waals surface area contributed by atoms with Crippen LogP contribution in [0.15, 0.2) is 97.1 Å². The first kappa shape index (κ1) is 57.9. The van der Waals surface area contributed by atoms with Crippen molar-refractivity contribution in [2.75, 3.05) is 88.9 Å². The summed E-state index contributed by atoms with van der Waals surface area (Å²) in [5, 5.41) is 64.1. The SMILES string of the molecule is CCO[C@@H](C(=O)Cc1nnc(N[C@@H]2CCN(c3ccc(C)nn3)C2)s1)c1ccccc1.CCO[C@H](C(=O)Cc1nnc(N[C@@H]2CCN(c3ccc(C)nn3)C2)s1)c1ccccc1.Cc1ccc(N2CC[C@@H](Nc3nnc(N)s3)C2)nn1. The van der Waals surface area contributed by atoms with E-state index < -0.39 is 12.2 Å². The number of nitrogens with two attached hydrogens (primary N) is 1. The molecule has 0 bridgehead atoms. The van der Waals surface area contributed by atoms with E-state index in [-0.39, 0.29) is 36.5 Å². The minimum Gasteiger partial charge on any atom is -0.374 e. The summed E-state index contributed by atoms with van der Waals surface area (Å²) in [6.45, 7) is 15.8. The van der Waals surface area contributed by atoms with Crippen LogP contribution in [0.2, 0.25) is 0 Å². The molecule has 2 aromatic carbocycles. The zero-order chi connectivity index (χ0) is 56.5. The first-order valence-electron chi connectivity index (χ1n) is 27.0. The van der Waals surface area contributed by atoms with Crippen LogP contribution in [0.5, 0.6) is 0 Å². The molecule has 3 aliphatic rings. The van der Waals surface area contributed by atoms with E-state index >= 15 is 0 Å². The maximum atomic E-state index is 12.9. The van der Waals surface area contributed by atoms with Gasteiger partial charge in [-0.1, -0.05) is 94.7 Å². The quantitative estimate of drug-likeness (QED) is 0.0547. The van der Waals surface area contributed by atoms with Crippen molar-refractivity contribution in [2.45, 2.75) is 97.1 Å². The molecule has 3 aliphatic heterocycles. The van der Waals surface area contributed by atoms with Crippen LogP contribution in [-0.2, 0) is 31.9 Å². The molecule has 26 heteroatoms. The second-order valence-corrected chi connectivity index (χ2v) is 22.7. The number of carbonyl (C=O) groups is 2. The zero-order valence-corrected chi connectivity index (χ0v) is 48.4. The summed E-state index contributed by atoms with van der Waals surface area (Å²) in [5.41, 5.74) is 10.0. The molecule has 8 aromatic rings. The molecular formula is C55H67N19O4S3. The van der Waals surface area contributed by atoms with Crippen LogP contribution in [0, 0.1) is 20.8 Å². The van der Waals surface area contributed by atoms with Crippen LogP contribution in [-0.4, -0.2) is 143 Å². The van der Waals surface area contributed by atoms with Crippen LogP contribution < -0.4 is 36.4 Å². The van der Waals surface area contributed by atoms with Crippen molar-refractivity contribution in [2.24, 2.45) is 0 Å². The number of hydrogen-bond donors (Lipinski definition) is 4. The first-order valence-corrected chi connectivity index (χ1v) is 29.5. The topological polar surface area (TPSA) is 279 Å². The second-order valence-electron chi connectivity index (χ2n) is 19.6. The van der Waals surface area contributed by atoms with Gasteiger partial charge >= 0.3 is 0 Å². The van der Waals surface area contributed by atoms with Crippen molar-refractivity contribution in [1.29, 1.82) is 0 Å². The van der Waals surface area contributed by atoms with Crippen LogP contribution in [0.3, 0.4) is 0 Å². The normalized spacial score (nSPS) is 17.4. The van der Waals surface area contributed by atoms with Crippen LogP contribution in [0.4, 0.5) is 38.0 Å². The van der Waals surface area contributed by atoms with E-state index in [1.54, 1.807) is 0 Å². The molecule has 3 fully saturated rings. The van der Waals surface area contributed by atoms with Crippen molar-refractivity contribution >= 4 is 83.6 Å². The highest BCUT2D eigenvalue weighted by atomic mass is 32.1. The summed E-state index contributed by atoms with van der Waals surface area (Å²) >= 11 is 4.21. The van der Waals surface area contributed by atoms with Gasteiger partial charge in [-0.3, -0.25) is 9.59 Å². The number of ketones is 2. The van der Waals surface area contributed by atoms with Gasteiger partial charge in [0.1, 0.15) is 22.2 Å². The number of carbonyl (C=O) groups excluding carboxylic acids is 2. The Morgan fingerprint density at radius 2 is 0.852 bits per heavy atom. The molecule has 0 radical (unpaired) electrons. The molecular weight excluding hydrogens is 1090 g/mol. The predicted molar refractivity (Wildman–Crippen MR) is 316 cm³/mol. The zero-order valence-electron chi connectivity index (χ0n) is 46.0. The van der Waals surface area contributed by atoms with Gasteiger partial charge in [0.25, 0.3) is 0 Å². The third-order valence-electron chi connectivity index (χ3n) is 13.4. The molecule has 9 heterocycles. The lowest BCUT2D eigenvalue weighted by Crippen LogP contribution is -2.26. The van der Waals surface area contributed by atoms with Gasteiger partial charge in [0, 0.05) is 70.6 Å². The highest BCUT2D eigenvalue weighted by Gasteiger charge is 2.29. The van der Waals surface area contributed by atoms with E-state index in [2.05, 4.69) is 91.8 Å². The fraction of sp³-hybridized carbons (Fsp3) is 0.418. The molecule has 3 saturated heterocycles. The standard InChI is InChI=1S/2C22H26N6O2S.C11H15N7S/c2*1-3-30-21(16-7-5-4-6-8-16)18(29)13-20-26-27-22(31-20)23-17-11-12-28(14-17)19-10-9-15(2)24-25-19;1-7-2-3-9(15-14-7)18-5-4-8(6-18)13-11-17-16-10(12)19-11/h2*4-10,17,21H,3,11-14H2,1-2H3,(H,23,27);2-3,8H,4-6H2,1H3,(H2,12,16)(H,13,17)/t17-,21+;17-,21-;8-/m111/s1. The molecule has 5 N–H and O–H groups in total. The molecule has 424 valence electrons. The third kappa shape index (κ3) is 16.7. The first-order chi connectivity index (χ1) is 39.4. The van der Waals surface area contributed by atoms with Gasteiger partial charge in [0.15, 0.2) is 29.0 Å². The lowest BCUT2D eigenvalue weighted by Gasteiger charge is -2.17. The summed E-state index contributed by atoms with van der Waals surface area (Å²) in [5.74, 6) is 2.68. The highest BCUT2D eigenvalue weighted by Crippen LogP contribution is 2.29. The van der Waals surface area contributed by atoms with Crippen LogP contribution in [0.1, 0.15) is 83.5 Å². The predicted octanol–water partition coefficient (Wildman–Crippen LogP) is 7.34. The van der Waals surface area contributed by atoms with Gasteiger partial charge in [-0.2, -0.15) is 15.3 Å². The third-order valence-corrected chi connectivity index (χ3v) is 15.7. The Kier molecular flexibility index (Phi) is 20.4. The van der Waals surface area contributed by atoms with Crippen LogP contribution in [0.25, 0.3) is 0 Å². The smallest absolute Gasteiger partial charge is 0.207 e. The lowest BCUT2D eigenvalue weighted by atomic mass is 10.0. The summed E-state index contributed by atoms with van der Waals surface area (Å²) < 4.78 is 11.4. The molecule has 0 spiro atoms. The number of hydrogen-bond acceptors (Lipinski definition) is 26. The molecule has 81 heavy (non-hydrogen) atoms. The molecule has 0 amide bonds. The van der Waals surface area contributed by atoms with E-state index in [0.717, 1.165) is 120 Å². The van der Waals surface area contributed by atoms with E-state index in [4.69, 9.17) is 15.2 Å². The Bertz CT molecular complexity index is 3050. The largest absolute Gasteiger partial charge is 0.374 e. The molecule has 0 saturated carbocycles. The fourth-order valence-electron chi connectivity index (χ4n) is 9.35. The van der Waals surface area contributed by atoms with E-state index in [1.165, 1.54) is 34.0 Å². The Morgan fingerprint density at radius 1 is 0.494 bits per heavy atom. The summed E-state index contributed by atoms with van der Waals surface area (Å²) in [6.07, 6.45) is 2.24. The number of rotatable bonds is 21. The Hall–Kier alpha value is -7.78. The summed E-state index contributed by atoms with van der Waals surface area (Å²) in [6, 6.07) is 31.9. The molecule has 5 atom stereocenters. The Morgan fingerprint density at radius 3 is 1.17 bits per heavy atom. The van der Waals surface area contributed by atoms with Crippen molar-refractivity contribution in [3.05, 3.63) is 135 Å². The van der Waals surface area contributed by atoms with Crippen molar-refractivity contribution < 1.29 is 19.1 Å². The Labute approximate surface area is 482 Å². The van der Waals surface area contributed by atoms with E-state index in [0.29, 0.717) is 34.4 Å². The van der Waals surface area contributed by atoms with Gasteiger partial charge in [0.2, 0.25) is 20.5 Å². The van der Waals surface area contributed by atoms with E-state index in [9.17, 15) is 9.59 Å². The monoisotopic (exact) mass is 1150 g/mol. The van der Waals surface area contributed by atoms with Gasteiger partial charge in [-0.25, -0.2) is 0 Å². The van der Waals surface area contributed by atoms with E-state index in [1.807, 2.05) is 132 Å². The maximum Gasteiger partial charge on any atom is 0.207 e. The lowest BCUT2D eigenvalue weighted by molar-refractivity contribution is -0.130. The minimum atomic E-state index is -0.578. The number of aromatic nitrogens is 12. The molecule has 6 aromatic heterocycles. The number of anilines is 7. The number of aryl methyl sites for hydroxylation is 3. The molecule has 11 rings (SSSR count). The Balaban J connectivity index is 0.000000151. The number of Topliss-reactive ketones (excluding diaryl/α,β-unsaturated/α-hetero) is 2. The average Bonchev–Trinajstić information content (AvgIpc) is 4.44. The van der Waals surface area contributed by atoms with Gasteiger partial charge in [-0.05, 0) is 101 Å². The van der Waals surface area contributed by atoms with Gasteiger partial charge in [-0.15, -0.1) is 45.9 Å². The minimum absolute atomic E-state index is 0.0132. The molecule has 0 unspecified atom stereocenters. The molecule has 0 aliphatic carbocycles. The number of nitrogen functional groups attached to an aromatic ring is 1. The number of benzene rings is 2. The van der Waals surface area contributed by atoms with Crippen molar-refractivity contribution in [3.63, 3.8) is 0 Å². The fourth-order valence-corrected chi connectivity index (χ4v) is 11.6. The highest BCUT2D eigenvalue weighted by molar-refractivity contribution is 7.18. The maximum absolute atomic E-state index is 12.9. The molecule has 23 nitrogen and oxygen atoms in total. The van der Waals surface area contributed by atoms with Crippen LogP contribution >= 0.6 is 34.0 Å². The van der Waals surface area contributed by atoms with Crippen molar-refractivity contribution in [1.82, 2.24) is 61.2 Å². The van der Waals surface area contributed by atoms with Gasteiger partial charge in [0.05, 0.1) is 29.9 Å². The number of nitrogens with zero attached hydrogens (tertiary/aromatic N) is 15. The van der Waals surface area contributed by atoms with Crippen molar-refractivity contribution in [3.8, 4) is 0 Å². The average molecular weight is 1150 g/mol. The van der Waals surface area contributed by atoms with Gasteiger partial charge < -0.3 is 45.9 Å². The number of ether oxygens (including phenoxy) is 2.